The molecule has 1 rings (SSSR count). The molecule has 0 saturated heterocycles. The average Bonchev–Trinajstić information content (AvgIpc) is 2.11. The van der Waals surface area contributed by atoms with Crippen LogP contribution < -0.4 is 0 Å². The molecule has 1 aromatic rings. The highest BCUT2D eigenvalue weighted by Crippen LogP contribution is 2.20. The van der Waals surface area contributed by atoms with Gasteiger partial charge < -0.3 is 0 Å². The summed E-state index contributed by atoms with van der Waals surface area (Å²) in [5.74, 6) is 5.88. The van der Waals surface area contributed by atoms with Crippen LogP contribution in [0.25, 0.3) is 6.08 Å². The van der Waals surface area contributed by atoms with E-state index >= 15 is 0 Å². The van der Waals surface area contributed by atoms with E-state index in [1.807, 2.05) is 44.2 Å². The molecule has 0 aliphatic carbocycles. The second-order valence-corrected chi connectivity index (χ2v) is 2.98. The van der Waals surface area contributed by atoms with Crippen molar-refractivity contribution in [2.75, 3.05) is 0 Å². The van der Waals surface area contributed by atoms with Crippen LogP contribution in [0.2, 0.25) is 5.02 Å². The zero-order chi connectivity index (χ0) is 9.68. The van der Waals surface area contributed by atoms with E-state index in [0.717, 1.165) is 16.1 Å². The Morgan fingerprint density at radius 1 is 1.38 bits per heavy atom. The lowest BCUT2D eigenvalue weighted by Crippen LogP contribution is -1.82. The van der Waals surface area contributed by atoms with E-state index in [2.05, 4.69) is 11.8 Å². The molecule has 1 heteroatoms. The number of halogens is 1. The summed E-state index contributed by atoms with van der Waals surface area (Å²) in [6.07, 6.45) is 3.93. The quantitative estimate of drug-likeness (QED) is 0.592. The van der Waals surface area contributed by atoms with Gasteiger partial charge >= 0.3 is 0 Å². The standard InChI is InChI=1S/C12H11Cl/c1-3-6-10-8-5-9-12(13)11(10)7-4-2/h4-5,7-9H,1-2H3/b7-4-. The normalized spacial score (nSPS) is 9.77. The molecule has 66 valence electrons. The molecular formula is C12H11Cl. The molecule has 0 radical (unpaired) electrons. The van der Waals surface area contributed by atoms with Gasteiger partial charge in [-0.05, 0) is 26.0 Å². The van der Waals surface area contributed by atoms with Gasteiger partial charge in [-0.1, -0.05) is 35.7 Å². The van der Waals surface area contributed by atoms with Gasteiger partial charge in [-0.15, -0.1) is 5.92 Å². The minimum Gasteiger partial charge on any atom is -0.101 e. The summed E-state index contributed by atoms with van der Waals surface area (Å²) in [5.41, 5.74) is 1.98. The highest BCUT2D eigenvalue weighted by molar-refractivity contribution is 6.32. The van der Waals surface area contributed by atoms with E-state index in [1.165, 1.54) is 0 Å². The van der Waals surface area contributed by atoms with Crippen LogP contribution in [0.15, 0.2) is 24.3 Å². The Balaban J connectivity index is 3.30. The van der Waals surface area contributed by atoms with Gasteiger partial charge in [-0.3, -0.25) is 0 Å². The largest absolute Gasteiger partial charge is 0.101 e. The van der Waals surface area contributed by atoms with Crippen molar-refractivity contribution in [3.63, 3.8) is 0 Å². The Hall–Kier alpha value is -1.19. The number of benzene rings is 1. The smallest absolute Gasteiger partial charge is 0.0490 e. The Bertz CT molecular complexity index is 378. The fourth-order valence-corrected chi connectivity index (χ4v) is 1.35. The summed E-state index contributed by atoms with van der Waals surface area (Å²) in [6.45, 7) is 3.78. The molecule has 13 heavy (non-hydrogen) atoms. The van der Waals surface area contributed by atoms with Crippen molar-refractivity contribution < 1.29 is 0 Å². The molecule has 0 spiro atoms. The number of hydrogen-bond acceptors (Lipinski definition) is 0. The molecule has 0 aliphatic rings. The minimum absolute atomic E-state index is 0.748. The molecule has 0 aliphatic heterocycles. The fourth-order valence-electron chi connectivity index (χ4n) is 1.12. The van der Waals surface area contributed by atoms with Gasteiger partial charge in [0.05, 0.1) is 0 Å². The van der Waals surface area contributed by atoms with Crippen LogP contribution in [0.4, 0.5) is 0 Å². The van der Waals surface area contributed by atoms with Crippen molar-refractivity contribution in [3.05, 3.63) is 40.4 Å². The van der Waals surface area contributed by atoms with E-state index in [-0.39, 0.29) is 0 Å². The van der Waals surface area contributed by atoms with Crippen LogP contribution in [-0.4, -0.2) is 0 Å². The Labute approximate surface area is 84.2 Å². The lowest BCUT2D eigenvalue weighted by molar-refractivity contribution is 1.58. The first kappa shape index (κ1) is 9.89. The third-order valence-electron chi connectivity index (χ3n) is 1.65. The highest BCUT2D eigenvalue weighted by atomic mass is 35.5. The van der Waals surface area contributed by atoms with E-state index in [4.69, 9.17) is 11.6 Å². The van der Waals surface area contributed by atoms with Crippen LogP contribution in [-0.2, 0) is 0 Å². The summed E-state index contributed by atoms with van der Waals surface area (Å²) in [7, 11) is 0. The summed E-state index contributed by atoms with van der Waals surface area (Å²) in [6, 6.07) is 5.75. The number of hydrogen-bond donors (Lipinski definition) is 0. The summed E-state index contributed by atoms with van der Waals surface area (Å²) >= 11 is 6.02. The maximum Gasteiger partial charge on any atom is 0.0490 e. The van der Waals surface area contributed by atoms with Crippen molar-refractivity contribution in [1.82, 2.24) is 0 Å². The Kier molecular flexibility index (Phi) is 3.61. The minimum atomic E-state index is 0.748. The Morgan fingerprint density at radius 2 is 2.15 bits per heavy atom. The van der Waals surface area contributed by atoms with E-state index < -0.39 is 0 Å². The zero-order valence-corrected chi connectivity index (χ0v) is 8.52. The molecule has 0 heterocycles. The second-order valence-electron chi connectivity index (χ2n) is 2.58. The molecule has 0 amide bonds. The monoisotopic (exact) mass is 190 g/mol. The first-order chi connectivity index (χ1) is 6.29. The van der Waals surface area contributed by atoms with Gasteiger partial charge in [0.25, 0.3) is 0 Å². The third kappa shape index (κ3) is 2.37. The highest BCUT2D eigenvalue weighted by Gasteiger charge is 1.99. The molecule has 0 fully saturated rings. The third-order valence-corrected chi connectivity index (χ3v) is 1.98. The number of rotatable bonds is 1. The van der Waals surface area contributed by atoms with Gasteiger partial charge in [0, 0.05) is 16.1 Å². The molecule has 0 saturated carbocycles. The number of allylic oxidation sites excluding steroid dienone is 1. The van der Waals surface area contributed by atoms with Crippen LogP contribution in [0, 0.1) is 11.8 Å². The van der Waals surface area contributed by atoms with Gasteiger partial charge in [0.1, 0.15) is 0 Å². The molecule has 0 aromatic heterocycles. The predicted molar refractivity (Wildman–Crippen MR) is 58.7 cm³/mol. The molecule has 0 nitrogen and oxygen atoms in total. The van der Waals surface area contributed by atoms with Crippen LogP contribution >= 0.6 is 11.6 Å². The summed E-state index contributed by atoms with van der Waals surface area (Å²) in [5, 5.41) is 0.748. The van der Waals surface area contributed by atoms with Gasteiger partial charge in [0.2, 0.25) is 0 Å². The predicted octanol–water partition coefficient (Wildman–Crippen LogP) is 3.74. The average molecular weight is 191 g/mol. The van der Waals surface area contributed by atoms with Crippen LogP contribution in [0.5, 0.6) is 0 Å². The lowest BCUT2D eigenvalue weighted by atomic mass is 10.1. The SMILES string of the molecule is CC#Cc1cccc(Cl)c1/C=C\C. The fraction of sp³-hybridized carbons (Fsp3) is 0.167. The lowest BCUT2D eigenvalue weighted by Gasteiger charge is -2.00. The second kappa shape index (κ2) is 4.74. The topological polar surface area (TPSA) is 0 Å². The van der Waals surface area contributed by atoms with Crippen molar-refractivity contribution in [1.29, 1.82) is 0 Å². The molecule has 0 bridgehead atoms. The van der Waals surface area contributed by atoms with Gasteiger partial charge in [-0.25, -0.2) is 0 Å². The molecular weight excluding hydrogens is 180 g/mol. The zero-order valence-electron chi connectivity index (χ0n) is 7.76. The van der Waals surface area contributed by atoms with E-state index in [9.17, 15) is 0 Å². The summed E-state index contributed by atoms with van der Waals surface area (Å²) in [4.78, 5) is 0. The maximum atomic E-state index is 6.02. The molecule has 0 unspecified atom stereocenters. The maximum absolute atomic E-state index is 6.02. The molecule has 0 N–H and O–H groups in total. The first-order valence-electron chi connectivity index (χ1n) is 4.13. The van der Waals surface area contributed by atoms with E-state index in [0.29, 0.717) is 0 Å². The van der Waals surface area contributed by atoms with Crippen molar-refractivity contribution in [3.8, 4) is 11.8 Å². The first-order valence-corrected chi connectivity index (χ1v) is 4.51. The van der Waals surface area contributed by atoms with Crippen molar-refractivity contribution in [2.24, 2.45) is 0 Å². The van der Waals surface area contributed by atoms with Crippen molar-refractivity contribution in [2.45, 2.75) is 13.8 Å². The van der Waals surface area contributed by atoms with Gasteiger partial charge in [0.15, 0.2) is 0 Å². The van der Waals surface area contributed by atoms with Gasteiger partial charge in [-0.2, -0.15) is 0 Å². The summed E-state index contributed by atoms with van der Waals surface area (Å²) < 4.78 is 0. The Morgan fingerprint density at radius 3 is 2.77 bits per heavy atom. The van der Waals surface area contributed by atoms with E-state index in [1.54, 1.807) is 0 Å². The molecule has 0 atom stereocenters. The van der Waals surface area contributed by atoms with Crippen LogP contribution in [0.3, 0.4) is 0 Å². The molecule has 1 aromatic carbocycles. The van der Waals surface area contributed by atoms with Crippen LogP contribution in [0.1, 0.15) is 25.0 Å². The van der Waals surface area contributed by atoms with Crippen molar-refractivity contribution >= 4 is 17.7 Å².